The number of hydrogen-bond donors (Lipinski definition) is 2. The lowest BCUT2D eigenvalue weighted by Crippen LogP contribution is -2.53. The molecule has 0 unspecified atom stereocenters. The number of carboxylic acids is 1. The van der Waals surface area contributed by atoms with Crippen molar-refractivity contribution < 1.29 is 24.2 Å². The summed E-state index contributed by atoms with van der Waals surface area (Å²) in [5, 5.41) is 11.3. The molecule has 7 heteroatoms. The summed E-state index contributed by atoms with van der Waals surface area (Å²) in [6, 6.07) is 0. The topological polar surface area (TPSA) is 95.9 Å². The second-order valence-corrected chi connectivity index (χ2v) is 5.67. The Bertz CT molecular complexity index is 371. The summed E-state index contributed by atoms with van der Waals surface area (Å²) in [4.78, 5) is 35.2. The first-order valence-corrected chi connectivity index (χ1v) is 5.85. The smallest absolute Gasteiger partial charge is 0.408 e. The third-order valence-electron chi connectivity index (χ3n) is 2.52. The van der Waals surface area contributed by atoms with Gasteiger partial charge in [-0.05, 0) is 34.6 Å². The molecule has 0 bridgehead atoms. The maximum absolute atomic E-state index is 11.8. The van der Waals surface area contributed by atoms with Crippen molar-refractivity contribution in [3.8, 4) is 0 Å². The van der Waals surface area contributed by atoms with Crippen LogP contribution < -0.4 is 5.32 Å². The molecule has 2 amide bonds. The van der Waals surface area contributed by atoms with Crippen molar-refractivity contribution >= 4 is 18.0 Å². The van der Waals surface area contributed by atoms with Gasteiger partial charge in [0.15, 0.2) is 0 Å². The fourth-order valence-corrected chi connectivity index (χ4v) is 1.04. The van der Waals surface area contributed by atoms with Gasteiger partial charge in [-0.3, -0.25) is 4.79 Å². The van der Waals surface area contributed by atoms with E-state index in [-0.39, 0.29) is 6.54 Å². The number of carbonyl (C=O) groups is 3. The van der Waals surface area contributed by atoms with Crippen LogP contribution in [0.4, 0.5) is 4.79 Å². The zero-order valence-electron chi connectivity index (χ0n) is 12.2. The molecule has 19 heavy (non-hydrogen) atoms. The highest BCUT2D eigenvalue weighted by Gasteiger charge is 2.35. The van der Waals surface area contributed by atoms with E-state index < -0.39 is 29.1 Å². The van der Waals surface area contributed by atoms with Crippen LogP contribution in [0.2, 0.25) is 0 Å². The molecule has 0 fully saturated rings. The van der Waals surface area contributed by atoms with Gasteiger partial charge in [-0.15, -0.1) is 0 Å². The number of hydrogen-bond acceptors (Lipinski definition) is 4. The molecule has 0 aliphatic heterocycles. The fraction of sp³-hybridized carbons (Fsp3) is 0.750. The van der Waals surface area contributed by atoms with Crippen molar-refractivity contribution in [2.45, 2.75) is 45.8 Å². The van der Waals surface area contributed by atoms with Crippen molar-refractivity contribution in [1.82, 2.24) is 10.2 Å². The molecule has 0 heterocycles. The molecule has 7 nitrogen and oxygen atoms in total. The van der Waals surface area contributed by atoms with E-state index in [1.54, 1.807) is 20.8 Å². The molecule has 0 saturated carbocycles. The monoisotopic (exact) mass is 274 g/mol. The Kier molecular flexibility index (Phi) is 5.34. The minimum Gasteiger partial charge on any atom is -0.480 e. The lowest BCUT2D eigenvalue weighted by molar-refractivity contribution is -0.154. The van der Waals surface area contributed by atoms with Gasteiger partial charge in [0.1, 0.15) is 17.7 Å². The van der Waals surface area contributed by atoms with E-state index in [9.17, 15) is 14.4 Å². The average molecular weight is 274 g/mol. The number of alkyl carbamates (subject to hydrolysis) is 1. The number of amides is 2. The number of aliphatic carboxylic acids is 1. The zero-order chi connectivity index (χ0) is 15.4. The van der Waals surface area contributed by atoms with Gasteiger partial charge >= 0.3 is 12.1 Å². The van der Waals surface area contributed by atoms with Crippen LogP contribution in [0.1, 0.15) is 34.6 Å². The highest BCUT2D eigenvalue weighted by molar-refractivity contribution is 5.88. The van der Waals surface area contributed by atoms with Crippen LogP contribution in [0.3, 0.4) is 0 Å². The third kappa shape index (κ3) is 5.58. The first-order valence-electron chi connectivity index (χ1n) is 5.85. The average Bonchev–Trinajstić information content (AvgIpc) is 2.22. The summed E-state index contributed by atoms with van der Waals surface area (Å²) in [5.41, 5.74) is -1.99. The predicted molar refractivity (Wildman–Crippen MR) is 68.7 cm³/mol. The summed E-state index contributed by atoms with van der Waals surface area (Å²) in [5.74, 6) is -1.64. The number of nitrogens with one attached hydrogen (secondary N) is 1. The molecule has 0 rings (SSSR count). The van der Waals surface area contributed by atoms with E-state index in [0.717, 1.165) is 4.90 Å². The number of likely N-dealkylation sites (N-methyl/N-ethyl adjacent to an activating group) is 1. The van der Waals surface area contributed by atoms with Gasteiger partial charge in [0.05, 0.1) is 0 Å². The van der Waals surface area contributed by atoms with Gasteiger partial charge in [0.2, 0.25) is 5.91 Å². The third-order valence-corrected chi connectivity index (χ3v) is 2.52. The van der Waals surface area contributed by atoms with Crippen molar-refractivity contribution in [3.05, 3.63) is 0 Å². The standard InChI is InChI=1S/C12H22N2O5/c1-11(2,3)19-10(18)13-7-8(15)14(6)12(4,5)9(16)17/h7H2,1-6H3,(H,13,18)(H,16,17). The molecule has 0 aromatic rings. The van der Waals surface area contributed by atoms with E-state index >= 15 is 0 Å². The summed E-state index contributed by atoms with van der Waals surface area (Å²) in [6.45, 7) is 7.60. The molecule has 0 aliphatic carbocycles. The Labute approximate surface area is 112 Å². The van der Waals surface area contributed by atoms with Gasteiger partial charge in [0, 0.05) is 7.05 Å². The molecule has 0 saturated heterocycles. The second-order valence-electron chi connectivity index (χ2n) is 5.67. The van der Waals surface area contributed by atoms with Crippen LogP contribution in [-0.2, 0) is 14.3 Å². The minimum absolute atomic E-state index is 0.317. The SMILES string of the molecule is CN(C(=O)CNC(=O)OC(C)(C)C)C(C)(C)C(=O)O. The van der Waals surface area contributed by atoms with Crippen LogP contribution >= 0.6 is 0 Å². The minimum atomic E-state index is -1.34. The second kappa shape index (κ2) is 5.90. The predicted octanol–water partition coefficient (Wildman–Crippen LogP) is 0.833. The van der Waals surface area contributed by atoms with Gasteiger partial charge in [0.25, 0.3) is 0 Å². The van der Waals surface area contributed by atoms with Crippen LogP contribution in [-0.4, -0.2) is 52.7 Å². The van der Waals surface area contributed by atoms with E-state index in [2.05, 4.69) is 5.32 Å². The van der Waals surface area contributed by atoms with Crippen LogP contribution in [0.15, 0.2) is 0 Å². The number of rotatable bonds is 4. The van der Waals surface area contributed by atoms with Crippen LogP contribution in [0.5, 0.6) is 0 Å². The summed E-state index contributed by atoms with van der Waals surface area (Å²) in [6.07, 6.45) is -0.720. The lowest BCUT2D eigenvalue weighted by Gasteiger charge is -2.31. The molecule has 0 spiro atoms. The van der Waals surface area contributed by atoms with Crippen molar-refractivity contribution in [2.24, 2.45) is 0 Å². The first-order chi connectivity index (χ1) is 8.38. The molecule has 110 valence electrons. The summed E-state index contributed by atoms with van der Waals surface area (Å²) >= 11 is 0. The Morgan fingerprint density at radius 3 is 2.00 bits per heavy atom. The fourth-order valence-electron chi connectivity index (χ4n) is 1.04. The van der Waals surface area contributed by atoms with E-state index in [1.165, 1.54) is 20.9 Å². The highest BCUT2D eigenvalue weighted by Crippen LogP contribution is 2.12. The van der Waals surface area contributed by atoms with Gasteiger partial charge in [-0.25, -0.2) is 9.59 Å². The van der Waals surface area contributed by atoms with Gasteiger partial charge in [-0.2, -0.15) is 0 Å². The van der Waals surface area contributed by atoms with E-state index in [1.807, 2.05) is 0 Å². The Morgan fingerprint density at radius 2 is 1.63 bits per heavy atom. The highest BCUT2D eigenvalue weighted by atomic mass is 16.6. The molecule has 2 N–H and O–H groups in total. The van der Waals surface area contributed by atoms with Crippen molar-refractivity contribution in [1.29, 1.82) is 0 Å². The van der Waals surface area contributed by atoms with Crippen molar-refractivity contribution in [3.63, 3.8) is 0 Å². The molecule has 0 radical (unpaired) electrons. The molecule has 0 aromatic carbocycles. The quantitative estimate of drug-likeness (QED) is 0.791. The number of ether oxygens (including phenoxy) is 1. The van der Waals surface area contributed by atoms with Gasteiger partial charge in [-0.1, -0.05) is 0 Å². The van der Waals surface area contributed by atoms with Gasteiger partial charge < -0.3 is 20.1 Å². The maximum Gasteiger partial charge on any atom is 0.408 e. The molecular formula is C12H22N2O5. The first kappa shape index (κ1) is 17.2. The largest absolute Gasteiger partial charge is 0.480 e. The lowest BCUT2D eigenvalue weighted by atomic mass is 10.0. The normalized spacial score (nSPS) is 11.7. The molecule has 0 aliphatic rings. The number of nitrogens with zero attached hydrogens (tertiary/aromatic N) is 1. The zero-order valence-corrected chi connectivity index (χ0v) is 12.2. The summed E-state index contributed by atoms with van der Waals surface area (Å²) in [7, 11) is 1.37. The maximum atomic E-state index is 11.8. The Morgan fingerprint density at radius 1 is 1.16 bits per heavy atom. The Balaban J connectivity index is 4.41. The van der Waals surface area contributed by atoms with Crippen LogP contribution in [0, 0.1) is 0 Å². The van der Waals surface area contributed by atoms with E-state index in [4.69, 9.17) is 9.84 Å². The number of carbonyl (C=O) groups excluding carboxylic acids is 2. The summed E-state index contributed by atoms with van der Waals surface area (Å²) < 4.78 is 4.96. The van der Waals surface area contributed by atoms with Crippen molar-refractivity contribution in [2.75, 3.05) is 13.6 Å². The molecular weight excluding hydrogens is 252 g/mol. The van der Waals surface area contributed by atoms with Crippen LogP contribution in [0.25, 0.3) is 0 Å². The van der Waals surface area contributed by atoms with E-state index in [0.29, 0.717) is 0 Å². The Hall–Kier alpha value is -1.79. The molecule has 0 aromatic heterocycles. The molecule has 0 atom stereocenters. The number of carboxylic acid groups (broad SMARTS) is 1.